The van der Waals surface area contributed by atoms with Crippen LogP contribution >= 0.6 is 0 Å². The number of para-hydroxylation sites is 1. The average Bonchev–Trinajstić information content (AvgIpc) is 2.86. The number of ether oxygens (including phenoxy) is 1. The number of nitrogens with zero attached hydrogens (tertiary/aromatic N) is 2. The molecule has 1 aromatic carbocycles. The molecule has 0 fully saturated rings. The van der Waals surface area contributed by atoms with Crippen molar-refractivity contribution in [1.82, 2.24) is 15.1 Å². The molecule has 0 radical (unpaired) electrons. The Kier molecular flexibility index (Phi) is 4.77. The molecule has 1 heterocycles. The number of rotatable bonds is 6. The predicted octanol–water partition coefficient (Wildman–Crippen LogP) is 0.550. The topological polar surface area (TPSA) is 99.2 Å². The van der Waals surface area contributed by atoms with Crippen molar-refractivity contribution in [1.29, 1.82) is 0 Å². The maximum atomic E-state index is 11.8. The van der Waals surface area contributed by atoms with Crippen LogP contribution in [0.2, 0.25) is 0 Å². The fourth-order valence-electron chi connectivity index (χ4n) is 1.81. The number of nitrogens with two attached hydrogens (primary N) is 1. The number of carbonyl (C=O) groups is 2. The molecule has 116 valence electrons. The molecule has 0 saturated carbocycles. The minimum absolute atomic E-state index is 0.218. The highest BCUT2D eigenvalue weighted by atomic mass is 16.5. The van der Waals surface area contributed by atoms with Gasteiger partial charge >= 0.3 is 0 Å². The third-order valence-corrected chi connectivity index (χ3v) is 2.97. The Hall–Kier alpha value is -2.83. The summed E-state index contributed by atoms with van der Waals surface area (Å²) in [5.41, 5.74) is 6.67. The number of benzene rings is 1. The first-order chi connectivity index (χ1) is 10.5. The van der Waals surface area contributed by atoms with Crippen LogP contribution in [0.4, 0.5) is 0 Å². The highest BCUT2D eigenvalue weighted by molar-refractivity contribution is 5.86. The number of primary amides is 1. The minimum atomic E-state index is -0.780. The number of aryl methyl sites for hydroxylation is 1. The van der Waals surface area contributed by atoms with E-state index in [1.165, 1.54) is 0 Å². The molecule has 0 aliphatic carbocycles. The average molecular weight is 302 g/mol. The van der Waals surface area contributed by atoms with Gasteiger partial charge in [-0.05, 0) is 26.0 Å². The Morgan fingerprint density at radius 3 is 2.68 bits per heavy atom. The lowest BCUT2D eigenvalue weighted by Gasteiger charge is -2.12. The molecule has 0 spiro atoms. The molecular formula is C15H18N4O3. The Bertz CT molecular complexity index is 667. The number of carbonyl (C=O) groups excluding carboxylic acids is 2. The molecule has 1 atom stereocenters. The van der Waals surface area contributed by atoms with Gasteiger partial charge in [-0.25, -0.2) is 4.68 Å². The van der Waals surface area contributed by atoms with E-state index in [0.29, 0.717) is 5.88 Å². The quantitative estimate of drug-likeness (QED) is 0.814. The van der Waals surface area contributed by atoms with Gasteiger partial charge in [0, 0.05) is 11.8 Å². The van der Waals surface area contributed by atoms with E-state index in [0.717, 1.165) is 11.3 Å². The first-order valence-electron chi connectivity index (χ1n) is 6.81. The Morgan fingerprint density at radius 1 is 1.36 bits per heavy atom. The Labute approximate surface area is 128 Å². The van der Waals surface area contributed by atoms with E-state index in [9.17, 15) is 9.59 Å². The third kappa shape index (κ3) is 3.85. The molecule has 7 heteroatoms. The zero-order valence-corrected chi connectivity index (χ0v) is 12.4. The molecule has 0 aliphatic heterocycles. The van der Waals surface area contributed by atoms with Crippen LogP contribution in [0.5, 0.6) is 5.88 Å². The van der Waals surface area contributed by atoms with Gasteiger partial charge in [-0.15, -0.1) is 5.10 Å². The van der Waals surface area contributed by atoms with Gasteiger partial charge in [-0.2, -0.15) is 0 Å². The summed E-state index contributed by atoms with van der Waals surface area (Å²) in [4.78, 5) is 22.4. The van der Waals surface area contributed by atoms with Crippen LogP contribution in [0.1, 0.15) is 12.5 Å². The lowest BCUT2D eigenvalue weighted by molar-refractivity contribution is -0.129. The van der Waals surface area contributed by atoms with Gasteiger partial charge in [0.25, 0.3) is 5.91 Å². The Balaban J connectivity index is 2.06. The number of amides is 2. The van der Waals surface area contributed by atoms with Crippen LogP contribution in [0, 0.1) is 6.92 Å². The third-order valence-electron chi connectivity index (χ3n) is 2.97. The second-order valence-electron chi connectivity index (χ2n) is 4.84. The highest BCUT2D eigenvalue weighted by Crippen LogP contribution is 2.19. The number of nitrogens with one attached hydrogen (secondary N) is 1. The van der Waals surface area contributed by atoms with Crippen molar-refractivity contribution in [3.05, 3.63) is 42.1 Å². The van der Waals surface area contributed by atoms with Crippen LogP contribution in [0.25, 0.3) is 5.69 Å². The largest absolute Gasteiger partial charge is 0.463 e. The molecule has 1 aromatic heterocycles. The van der Waals surface area contributed by atoms with Crippen molar-refractivity contribution in [2.45, 2.75) is 20.0 Å². The molecule has 2 rings (SSSR count). The normalized spacial score (nSPS) is 11.7. The van der Waals surface area contributed by atoms with Crippen LogP contribution < -0.4 is 15.8 Å². The molecule has 0 unspecified atom stereocenters. The number of aromatic nitrogens is 2. The van der Waals surface area contributed by atoms with E-state index >= 15 is 0 Å². The van der Waals surface area contributed by atoms with Gasteiger partial charge in [0.1, 0.15) is 0 Å². The maximum absolute atomic E-state index is 11.8. The van der Waals surface area contributed by atoms with E-state index in [-0.39, 0.29) is 6.54 Å². The van der Waals surface area contributed by atoms with Gasteiger partial charge in [0.15, 0.2) is 6.10 Å². The molecule has 3 N–H and O–H groups in total. The van der Waals surface area contributed by atoms with Crippen molar-refractivity contribution in [3.63, 3.8) is 0 Å². The fourth-order valence-corrected chi connectivity index (χ4v) is 1.81. The van der Waals surface area contributed by atoms with Gasteiger partial charge < -0.3 is 15.8 Å². The zero-order chi connectivity index (χ0) is 16.1. The molecule has 2 aromatic rings. The standard InChI is InChI=1S/C15H18N4O3/c1-10-9-19(12-6-4-3-5-7-12)18-15(10)22-11(2)14(21)17-8-13(16)20/h3-7,9,11H,8H2,1-2H3,(H2,16,20)(H,17,21)/t11-/m0/s1. The molecule has 0 aliphatic rings. The lowest BCUT2D eigenvalue weighted by Crippen LogP contribution is -2.40. The number of hydrogen-bond acceptors (Lipinski definition) is 4. The zero-order valence-electron chi connectivity index (χ0n) is 12.4. The van der Waals surface area contributed by atoms with Crippen LogP contribution in [0.3, 0.4) is 0 Å². The van der Waals surface area contributed by atoms with Crippen molar-refractivity contribution in [2.24, 2.45) is 5.73 Å². The summed E-state index contributed by atoms with van der Waals surface area (Å²) in [5, 5.41) is 6.71. The van der Waals surface area contributed by atoms with E-state index in [2.05, 4.69) is 10.4 Å². The van der Waals surface area contributed by atoms with Crippen LogP contribution in [0.15, 0.2) is 36.5 Å². The predicted molar refractivity (Wildman–Crippen MR) is 80.6 cm³/mol. The van der Waals surface area contributed by atoms with Crippen molar-refractivity contribution < 1.29 is 14.3 Å². The molecule has 22 heavy (non-hydrogen) atoms. The lowest BCUT2D eigenvalue weighted by atomic mass is 10.3. The monoisotopic (exact) mass is 302 g/mol. The number of hydrogen-bond donors (Lipinski definition) is 2. The summed E-state index contributed by atoms with van der Waals surface area (Å²) in [7, 11) is 0. The smallest absolute Gasteiger partial charge is 0.261 e. The molecule has 0 saturated heterocycles. The molecule has 7 nitrogen and oxygen atoms in total. The van der Waals surface area contributed by atoms with Crippen molar-refractivity contribution in [2.75, 3.05) is 6.54 Å². The summed E-state index contributed by atoms with van der Waals surface area (Å²) in [6.07, 6.45) is 1.04. The van der Waals surface area contributed by atoms with Gasteiger partial charge in [-0.3, -0.25) is 9.59 Å². The summed E-state index contributed by atoms with van der Waals surface area (Å²) in [6.45, 7) is 3.21. The van der Waals surface area contributed by atoms with E-state index in [1.54, 1.807) is 11.6 Å². The highest BCUT2D eigenvalue weighted by Gasteiger charge is 2.18. The van der Waals surface area contributed by atoms with E-state index in [1.807, 2.05) is 43.5 Å². The van der Waals surface area contributed by atoms with Crippen molar-refractivity contribution >= 4 is 11.8 Å². The first kappa shape index (κ1) is 15.6. The summed E-state index contributed by atoms with van der Waals surface area (Å²) >= 11 is 0. The van der Waals surface area contributed by atoms with Gasteiger partial charge in [0.05, 0.1) is 12.2 Å². The second-order valence-corrected chi connectivity index (χ2v) is 4.84. The van der Waals surface area contributed by atoms with E-state index < -0.39 is 17.9 Å². The van der Waals surface area contributed by atoms with Gasteiger partial charge in [-0.1, -0.05) is 18.2 Å². The van der Waals surface area contributed by atoms with Crippen LogP contribution in [-0.2, 0) is 9.59 Å². The second kappa shape index (κ2) is 6.75. The summed E-state index contributed by atoms with van der Waals surface area (Å²) < 4.78 is 7.22. The first-order valence-corrected chi connectivity index (χ1v) is 6.81. The summed E-state index contributed by atoms with van der Waals surface area (Å²) in [5.74, 6) is -0.664. The van der Waals surface area contributed by atoms with Gasteiger partial charge in [0.2, 0.25) is 11.8 Å². The maximum Gasteiger partial charge on any atom is 0.261 e. The molecule has 0 bridgehead atoms. The Morgan fingerprint density at radius 2 is 2.05 bits per heavy atom. The minimum Gasteiger partial charge on any atom is -0.463 e. The van der Waals surface area contributed by atoms with Crippen LogP contribution in [-0.4, -0.2) is 34.2 Å². The molecular weight excluding hydrogens is 284 g/mol. The SMILES string of the molecule is Cc1cn(-c2ccccc2)nc1O[C@@H](C)C(=O)NCC(N)=O. The fraction of sp³-hybridized carbons (Fsp3) is 0.267. The van der Waals surface area contributed by atoms with E-state index in [4.69, 9.17) is 10.5 Å². The molecule has 2 amide bonds. The van der Waals surface area contributed by atoms with Crippen molar-refractivity contribution in [3.8, 4) is 11.6 Å². The summed E-state index contributed by atoms with van der Waals surface area (Å²) in [6, 6.07) is 9.57.